The molecule has 0 saturated carbocycles. The molecule has 0 bridgehead atoms. The normalized spacial score (nSPS) is 10.3. The van der Waals surface area contributed by atoms with Crippen molar-refractivity contribution < 1.29 is 4.79 Å². The standard InChI is InChI=1S/C16H16ClNOS/c1-2-20-15-9-3-12(4-10-15)11-16(19)18-14-7-5-13(17)6-8-14/h3-10H,2,11H2,1H3,(H,18,19). The second-order valence-electron chi connectivity index (χ2n) is 4.31. The summed E-state index contributed by atoms with van der Waals surface area (Å²) in [6.07, 6.45) is 0.375. The van der Waals surface area contributed by atoms with Crippen LogP contribution in [0.2, 0.25) is 5.02 Å². The first-order valence-corrected chi connectivity index (χ1v) is 7.81. The summed E-state index contributed by atoms with van der Waals surface area (Å²) in [4.78, 5) is 13.2. The summed E-state index contributed by atoms with van der Waals surface area (Å²) in [7, 11) is 0. The maximum atomic E-state index is 11.9. The highest BCUT2D eigenvalue weighted by molar-refractivity contribution is 7.99. The Bertz CT molecular complexity index is 566. The van der Waals surface area contributed by atoms with Crippen LogP contribution in [0.1, 0.15) is 12.5 Å². The summed E-state index contributed by atoms with van der Waals surface area (Å²) < 4.78 is 0. The fraction of sp³-hybridized carbons (Fsp3) is 0.188. The highest BCUT2D eigenvalue weighted by atomic mass is 35.5. The third-order valence-electron chi connectivity index (χ3n) is 2.73. The van der Waals surface area contributed by atoms with Gasteiger partial charge in [-0.1, -0.05) is 30.7 Å². The molecule has 4 heteroatoms. The Labute approximate surface area is 128 Å². The molecule has 0 spiro atoms. The van der Waals surface area contributed by atoms with Crippen LogP contribution in [0.4, 0.5) is 5.69 Å². The van der Waals surface area contributed by atoms with Crippen LogP contribution in [0.15, 0.2) is 53.4 Å². The number of thioether (sulfide) groups is 1. The summed E-state index contributed by atoms with van der Waals surface area (Å²) in [5, 5.41) is 3.51. The van der Waals surface area contributed by atoms with Gasteiger partial charge in [0.2, 0.25) is 5.91 Å². The fourth-order valence-electron chi connectivity index (χ4n) is 1.79. The molecule has 0 saturated heterocycles. The zero-order valence-corrected chi connectivity index (χ0v) is 12.8. The van der Waals surface area contributed by atoms with Crippen molar-refractivity contribution >= 4 is 35.0 Å². The minimum atomic E-state index is -0.0248. The van der Waals surface area contributed by atoms with Crippen LogP contribution in [-0.4, -0.2) is 11.7 Å². The summed E-state index contributed by atoms with van der Waals surface area (Å²) in [6, 6.07) is 15.2. The van der Waals surface area contributed by atoms with Gasteiger partial charge >= 0.3 is 0 Å². The Balaban J connectivity index is 1.92. The molecule has 20 heavy (non-hydrogen) atoms. The van der Waals surface area contributed by atoms with Crippen molar-refractivity contribution in [1.29, 1.82) is 0 Å². The molecule has 2 nitrogen and oxygen atoms in total. The molecular weight excluding hydrogens is 290 g/mol. The third kappa shape index (κ3) is 4.58. The van der Waals surface area contributed by atoms with Crippen LogP contribution < -0.4 is 5.32 Å². The summed E-state index contributed by atoms with van der Waals surface area (Å²) >= 11 is 7.60. The highest BCUT2D eigenvalue weighted by Gasteiger charge is 2.04. The fourth-order valence-corrected chi connectivity index (χ4v) is 2.58. The summed E-state index contributed by atoms with van der Waals surface area (Å²) in [5.41, 5.74) is 1.77. The second-order valence-corrected chi connectivity index (χ2v) is 6.08. The summed E-state index contributed by atoms with van der Waals surface area (Å²) in [6.45, 7) is 2.12. The van der Waals surface area contributed by atoms with E-state index in [0.29, 0.717) is 11.4 Å². The predicted molar refractivity (Wildman–Crippen MR) is 86.6 cm³/mol. The number of carbonyl (C=O) groups excluding carboxylic acids is 1. The number of carbonyl (C=O) groups is 1. The Morgan fingerprint density at radius 2 is 1.75 bits per heavy atom. The van der Waals surface area contributed by atoms with Gasteiger partial charge in [-0.25, -0.2) is 0 Å². The Morgan fingerprint density at radius 1 is 1.10 bits per heavy atom. The van der Waals surface area contributed by atoms with Crippen molar-refractivity contribution in [2.45, 2.75) is 18.2 Å². The van der Waals surface area contributed by atoms with Gasteiger partial charge in [0.15, 0.2) is 0 Å². The second kappa shape index (κ2) is 7.36. The molecule has 0 fully saturated rings. The molecule has 2 rings (SSSR count). The average Bonchev–Trinajstić information content (AvgIpc) is 2.44. The van der Waals surface area contributed by atoms with Gasteiger partial charge in [0.1, 0.15) is 0 Å². The van der Waals surface area contributed by atoms with Crippen molar-refractivity contribution in [1.82, 2.24) is 0 Å². The van der Waals surface area contributed by atoms with Crippen LogP contribution >= 0.6 is 23.4 Å². The van der Waals surface area contributed by atoms with Crippen LogP contribution in [0.3, 0.4) is 0 Å². The van der Waals surface area contributed by atoms with Crippen LogP contribution in [0, 0.1) is 0 Å². The maximum Gasteiger partial charge on any atom is 0.228 e. The third-order valence-corrected chi connectivity index (χ3v) is 3.87. The number of anilines is 1. The van der Waals surface area contributed by atoms with Gasteiger partial charge in [0.25, 0.3) is 0 Å². The van der Waals surface area contributed by atoms with E-state index >= 15 is 0 Å². The van der Waals surface area contributed by atoms with E-state index in [4.69, 9.17) is 11.6 Å². The molecular formula is C16H16ClNOS. The smallest absolute Gasteiger partial charge is 0.228 e. The van der Waals surface area contributed by atoms with Crippen molar-refractivity contribution in [3.05, 3.63) is 59.1 Å². The zero-order chi connectivity index (χ0) is 14.4. The Hall–Kier alpha value is -1.45. The molecule has 0 aromatic heterocycles. The first-order chi connectivity index (χ1) is 9.67. The van der Waals surface area contributed by atoms with Gasteiger partial charge in [-0.15, -0.1) is 11.8 Å². The topological polar surface area (TPSA) is 29.1 Å². The number of rotatable bonds is 5. The lowest BCUT2D eigenvalue weighted by molar-refractivity contribution is -0.115. The molecule has 0 heterocycles. The maximum absolute atomic E-state index is 11.9. The molecule has 0 radical (unpaired) electrons. The molecule has 2 aromatic carbocycles. The van der Waals surface area contributed by atoms with E-state index in [1.165, 1.54) is 4.90 Å². The van der Waals surface area contributed by atoms with E-state index in [1.54, 1.807) is 36.0 Å². The van der Waals surface area contributed by atoms with Gasteiger partial charge in [-0.2, -0.15) is 0 Å². The van der Waals surface area contributed by atoms with E-state index in [0.717, 1.165) is 17.0 Å². The van der Waals surface area contributed by atoms with Crippen molar-refractivity contribution in [3.8, 4) is 0 Å². The van der Waals surface area contributed by atoms with E-state index < -0.39 is 0 Å². The molecule has 0 aliphatic rings. The number of hydrogen-bond donors (Lipinski definition) is 1. The quantitative estimate of drug-likeness (QED) is 0.816. The van der Waals surface area contributed by atoms with Gasteiger partial charge < -0.3 is 5.32 Å². The monoisotopic (exact) mass is 305 g/mol. The van der Waals surface area contributed by atoms with Crippen molar-refractivity contribution in [2.24, 2.45) is 0 Å². The zero-order valence-electron chi connectivity index (χ0n) is 11.2. The predicted octanol–water partition coefficient (Wildman–Crippen LogP) is 4.63. The van der Waals surface area contributed by atoms with Gasteiger partial charge in [-0.3, -0.25) is 4.79 Å². The van der Waals surface area contributed by atoms with E-state index in [2.05, 4.69) is 24.4 Å². The molecule has 1 amide bonds. The molecule has 1 N–H and O–H groups in total. The lowest BCUT2D eigenvalue weighted by Crippen LogP contribution is -2.14. The summed E-state index contributed by atoms with van der Waals surface area (Å²) in [5.74, 6) is 1.03. The molecule has 0 atom stereocenters. The Kier molecular flexibility index (Phi) is 5.50. The van der Waals surface area contributed by atoms with Crippen LogP contribution in [0.25, 0.3) is 0 Å². The first-order valence-electron chi connectivity index (χ1n) is 6.44. The van der Waals surface area contributed by atoms with Crippen molar-refractivity contribution in [3.63, 3.8) is 0 Å². The molecule has 2 aromatic rings. The number of nitrogens with one attached hydrogen (secondary N) is 1. The lowest BCUT2D eigenvalue weighted by atomic mass is 10.1. The highest BCUT2D eigenvalue weighted by Crippen LogP contribution is 2.18. The molecule has 0 aliphatic carbocycles. The van der Waals surface area contributed by atoms with Crippen LogP contribution in [-0.2, 0) is 11.2 Å². The van der Waals surface area contributed by atoms with E-state index in [-0.39, 0.29) is 5.91 Å². The Morgan fingerprint density at radius 3 is 2.35 bits per heavy atom. The molecule has 0 unspecified atom stereocenters. The van der Waals surface area contributed by atoms with Crippen molar-refractivity contribution in [2.75, 3.05) is 11.1 Å². The minimum Gasteiger partial charge on any atom is -0.326 e. The molecule has 104 valence electrons. The number of halogens is 1. The molecule has 0 aliphatic heterocycles. The van der Waals surface area contributed by atoms with E-state index in [1.807, 2.05) is 12.1 Å². The first kappa shape index (κ1) is 14.9. The number of hydrogen-bond acceptors (Lipinski definition) is 2. The SMILES string of the molecule is CCSc1ccc(CC(=O)Nc2ccc(Cl)cc2)cc1. The largest absolute Gasteiger partial charge is 0.326 e. The van der Waals surface area contributed by atoms with Gasteiger partial charge in [0.05, 0.1) is 6.42 Å². The average molecular weight is 306 g/mol. The number of amides is 1. The number of benzene rings is 2. The van der Waals surface area contributed by atoms with Crippen LogP contribution in [0.5, 0.6) is 0 Å². The van der Waals surface area contributed by atoms with E-state index in [9.17, 15) is 4.79 Å². The minimum absolute atomic E-state index is 0.0248. The van der Waals surface area contributed by atoms with Gasteiger partial charge in [0, 0.05) is 15.6 Å². The lowest BCUT2D eigenvalue weighted by Gasteiger charge is -2.06. The van der Waals surface area contributed by atoms with Gasteiger partial charge in [-0.05, 0) is 47.7 Å².